The van der Waals surface area contributed by atoms with Gasteiger partial charge in [0, 0.05) is 12.5 Å². The molecule has 30 heavy (non-hydrogen) atoms. The Morgan fingerprint density at radius 2 is 1.90 bits per heavy atom. The second kappa shape index (κ2) is 12.6. The minimum atomic E-state index is -0.536. The van der Waals surface area contributed by atoms with Crippen LogP contribution < -0.4 is 4.74 Å². The number of carbonyl (C=O) groups excluding carboxylic acids is 2. The van der Waals surface area contributed by atoms with E-state index < -0.39 is 11.9 Å². The fourth-order valence-corrected chi connectivity index (χ4v) is 3.82. The van der Waals surface area contributed by atoms with Crippen molar-refractivity contribution in [2.75, 3.05) is 0 Å². The molecule has 2 atom stereocenters. The van der Waals surface area contributed by atoms with E-state index in [1.165, 1.54) is 6.07 Å². The Bertz CT molecular complexity index is 699. The van der Waals surface area contributed by atoms with Gasteiger partial charge < -0.3 is 19.7 Å². The number of phenolic OH excluding ortho intramolecular Hbond substituents is 1. The highest BCUT2D eigenvalue weighted by molar-refractivity contribution is 5.95. The molecule has 0 fully saturated rings. The molecule has 0 aromatic heterocycles. The number of cyclic esters (lactones) is 1. The first-order valence-corrected chi connectivity index (χ1v) is 11.4. The zero-order valence-electron chi connectivity index (χ0n) is 18.3. The van der Waals surface area contributed by atoms with Crippen LogP contribution in [-0.2, 0) is 16.0 Å². The normalized spacial score (nSPS) is 21.2. The van der Waals surface area contributed by atoms with Crippen molar-refractivity contribution in [3.8, 4) is 11.5 Å². The number of carbonyl (C=O) groups is 2. The Hall–Kier alpha value is -2.08. The van der Waals surface area contributed by atoms with Crippen LogP contribution in [0.3, 0.4) is 0 Å². The van der Waals surface area contributed by atoms with Crippen molar-refractivity contribution in [3.63, 3.8) is 0 Å². The van der Waals surface area contributed by atoms with Crippen LogP contribution >= 0.6 is 0 Å². The lowest BCUT2D eigenvalue weighted by Crippen LogP contribution is -2.20. The van der Waals surface area contributed by atoms with Crippen LogP contribution in [0.5, 0.6) is 11.5 Å². The van der Waals surface area contributed by atoms with Gasteiger partial charge in [-0.3, -0.25) is 4.79 Å². The first-order valence-electron chi connectivity index (χ1n) is 11.4. The molecule has 6 heteroatoms. The zero-order valence-corrected chi connectivity index (χ0v) is 18.3. The first-order chi connectivity index (χ1) is 14.4. The van der Waals surface area contributed by atoms with Crippen molar-refractivity contribution in [2.45, 2.75) is 103 Å². The van der Waals surface area contributed by atoms with Gasteiger partial charge in [0.2, 0.25) is 0 Å². The number of hydrogen-bond acceptors (Lipinski definition) is 6. The van der Waals surface area contributed by atoms with E-state index in [9.17, 15) is 19.8 Å². The van der Waals surface area contributed by atoms with Crippen LogP contribution in [0.2, 0.25) is 0 Å². The van der Waals surface area contributed by atoms with Gasteiger partial charge in [-0.25, -0.2) is 4.79 Å². The number of aliphatic hydroxyl groups is 1. The maximum Gasteiger partial charge on any atom is 0.342 e. The number of esters is 2. The predicted octanol–water partition coefficient (Wildman–Crippen LogP) is 5.07. The van der Waals surface area contributed by atoms with E-state index in [0.717, 1.165) is 51.4 Å². The number of hydrogen-bond donors (Lipinski definition) is 2. The highest BCUT2D eigenvalue weighted by Crippen LogP contribution is 2.32. The molecular weight excluding hydrogens is 384 g/mol. The van der Waals surface area contributed by atoms with Gasteiger partial charge in [-0.1, -0.05) is 32.6 Å². The number of aromatic hydroxyl groups is 1. The molecule has 1 aromatic rings. The molecule has 0 spiro atoms. The average molecular weight is 421 g/mol. The Balaban J connectivity index is 2.26. The number of benzene rings is 1. The van der Waals surface area contributed by atoms with Crippen LogP contribution in [0, 0.1) is 0 Å². The van der Waals surface area contributed by atoms with Gasteiger partial charge in [-0.05, 0) is 63.5 Å². The molecule has 1 aliphatic heterocycles. The number of aryl methyl sites for hydroxylation is 1. The summed E-state index contributed by atoms with van der Waals surface area (Å²) in [6.45, 7) is 3.88. The maximum absolute atomic E-state index is 13.0. The highest BCUT2D eigenvalue weighted by Gasteiger charge is 2.24. The van der Waals surface area contributed by atoms with Gasteiger partial charge in [0.15, 0.2) is 0 Å². The van der Waals surface area contributed by atoms with Crippen LogP contribution in [0.4, 0.5) is 0 Å². The molecule has 0 radical (unpaired) electrons. The lowest BCUT2D eigenvalue weighted by atomic mass is 9.97. The summed E-state index contributed by atoms with van der Waals surface area (Å²) in [5.74, 6) is -0.911. The van der Waals surface area contributed by atoms with Crippen molar-refractivity contribution in [2.24, 2.45) is 0 Å². The summed E-state index contributed by atoms with van der Waals surface area (Å²) in [6.07, 6.45) is 8.37. The third-order valence-corrected chi connectivity index (χ3v) is 5.52. The highest BCUT2D eigenvalue weighted by atomic mass is 16.6. The molecular formula is C24H36O6. The summed E-state index contributed by atoms with van der Waals surface area (Å²) in [7, 11) is 0. The summed E-state index contributed by atoms with van der Waals surface area (Å²) in [6, 6.07) is 2.87. The monoisotopic (exact) mass is 420 g/mol. The molecule has 2 rings (SSSR count). The van der Waals surface area contributed by atoms with Crippen molar-refractivity contribution in [3.05, 3.63) is 23.3 Å². The molecule has 0 saturated carbocycles. The van der Waals surface area contributed by atoms with Gasteiger partial charge in [-0.15, -0.1) is 0 Å². The van der Waals surface area contributed by atoms with Crippen molar-refractivity contribution < 1.29 is 29.3 Å². The van der Waals surface area contributed by atoms with E-state index in [1.807, 2.05) is 6.92 Å². The second-order valence-electron chi connectivity index (χ2n) is 8.31. The van der Waals surface area contributed by atoms with E-state index >= 15 is 0 Å². The molecule has 168 valence electrons. The Morgan fingerprint density at radius 3 is 2.67 bits per heavy atom. The number of rotatable bonds is 5. The van der Waals surface area contributed by atoms with E-state index in [1.54, 1.807) is 6.07 Å². The second-order valence-corrected chi connectivity index (χ2v) is 8.31. The van der Waals surface area contributed by atoms with Gasteiger partial charge in [-0.2, -0.15) is 0 Å². The number of aliphatic hydroxyl groups excluding tert-OH is 1. The fraction of sp³-hybridized carbons (Fsp3) is 0.667. The molecule has 6 nitrogen and oxygen atoms in total. The largest absolute Gasteiger partial charge is 0.508 e. The zero-order chi connectivity index (χ0) is 21.9. The SMILES string of the molecule is CCCCCC(=O)Oc1cc(O)cc2c1C(=O)O[C@@H](C)CCC[C@H](O)CCCCC2. The Morgan fingerprint density at radius 1 is 1.13 bits per heavy atom. The minimum Gasteiger partial charge on any atom is -0.508 e. The Kier molecular flexibility index (Phi) is 10.1. The van der Waals surface area contributed by atoms with Crippen molar-refractivity contribution in [1.82, 2.24) is 0 Å². The first kappa shape index (κ1) is 24.2. The number of fused-ring (bicyclic) bond motifs is 1. The molecule has 0 amide bonds. The van der Waals surface area contributed by atoms with Gasteiger partial charge in [0.1, 0.15) is 17.1 Å². The average Bonchev–Trinajstić information content (AvgIpc) is 2.66. The third-order valence-electron chi connectivity index (χ3n) is 5.52. The minimum absolute atomic E-state index is 0.0394. The molecule has 1 aliphatic rings. The molecule has 2 N–H and O–H groups in total. The van der Waals surface area contributed by atoms with E-state index in [2.05, 4.69) is 6.92 Å². The van der Waals surface area contributed by atoms with Crippen LogP contribution in [-0.4, -0.2) is 34.4 Å². The van der Waals surface area contributed by atoms with E-state index in [0.29, 0.717) is 24.8 Å². The molecule has 0 aliphatic carbocycles. The lowest BCUT2D eigenvalue weighted by Gasteiger charge is -2.19. The smallest absolute Gasteiger partial charge is 0.342 e. The van der Waals surface area contributed by atoms with Gasteiger partial charge in [0.25, 0.3) is 0 Å². The molecule has 1 heterocycles. The topological polar surface area (TPSA) is 93.1 Å². The van der Waals surface area contributed by atoms with Gasteiger partial charge in [0.05, 0.1) is 12.2 Å². The molecule has 1 aromatic carbocycles. The van der Waals surface area contributed by atoms with Gasteiger partial charge >= 0.3 is 11.9 Å². The van der Waals surface area contributed by atoms with Crippen LogP contribution in [0.15, 0.2) is 12.1 Å². The van der Waals surface area contributed by atoms with E-state index in [4.69, 9.17) is 9.47 Å². The molecule has 0 unspecified atom stereocenters. The van der Waals surface area contributed by atoms with Crippen molar-refractivity contribution in [1.29, 1.82) is 0 Å². The fourth-order valence-electron chi connectivity index (χ4n) is 3.82. The lowest BCUT2D eigenvalue weighted by molar-refractivity contribution is -0.134. The van der Waals surface area contributed by atoms with Crippen LogP contribution in [0.25, 0.3) is 0 Å². The summed E-state index contributed by atoms with van der Waals surface area (Å²) in [5.41, 5.74) is 0.863. The van der Waals surface area contributed by atoms with Crippen molar-refractivity contribution >= 4 is 11.9 Å². The number of ether oxygens (including phenoxy) is 2. The predicted molar refractivity (Wildman–Crippen MR) is 115 cm³/mol. The third kappa shape index (κ3) is 7.98. The standard InChI is InChI=1S/C24H36O6/c1-3-4-6-14-22(27)30-21-16-20(26)15-18-11-7-5-8-12-19(25)13-9-10-17(2)29-24(28)23(18)21/h15-17,19,25-26H,3-14H2,1-2H3/t17-,19+/m0/s1. The number of phenols is 1. The summed E-state index contributed by atoms with van der Waals surface area (Å²) in [5, 5.41) is 20.2. The quantitative estimate of drug-likeness (QED) is 0.392. The van der Waals surface area contributed by atoms with E-state index in [-0.39, 0.29) is 35.7 Å². The molecule has 0 bridgehead atoms. The Labute approximate surface area is 179 Å². The maximum atomic E-state index is 13.0. The summed E-state index contributed by atoms with van der Waals surface area (Å²) in [4.78, 5) is 25.2. The summed E-state index contributed by atoms with van der Waals surface area (Å²) >= 11 is 0. The van der Waals surface area contributed by atoms with Crippen LogP contribution in [0.1, 0.15) is 100 Å². The molecule has 0 saturated heterocycles. The number of unbranched alkanes of at least 4 members (excludes halogenated alkanes) is 2. The summed E-state index contributed by atoms with van der Waals surface area (Å²) < 4.78 is 11.1.